The lowest BCUT2D eigenvalue weighted by Crippen LogP contribution is -2.39. The van der Waals surface area contributed by atoms with Crippen LogP contribution in [0.4, 0.5) is 0 Å². The Morgan fingerprint density at radius 1 is 1.35 bits per heavy atom. The van der Waals surface area contributed by atoms with Crippen molar-refractivity contribution in [3.63, 3.8) is 0 Å². The summed E-state index contributed by atoms with van der Waals surface area (Å²) in [6.45, 7) is 3.31. The van der Waals surface area contributed by atoms with Gasteiger partial charge in [-0.25, -0.2) is 8.42 Å². The summed E-state index contributed by atoms with van der Waals surface area (Å²) in [5.41, 5.74) is 0. The van der Waals surface area contributed by atoms with E-state index < -0.39 is 27.0 Å². The fraction of sp³-hybridized carbons (Fsp3) is 0.800. The summed E-state index contributed by atoms with van der Waals surface area (Å²) in [5.74, 6) is -1.69. The Morgan fingerprint density at radius 2 is 1.88 bits per heavy atom. The first-order chi connectivity index (χ1) is 7.68. The number of carboxylic acid groups (broad SMARTS) is 1. The van der Waals surface area contributed by atoms with Crippen LogP contribution in [-0.2, 0) is 19.4 Å². The Balaban J connectivity index is 4.27. The number of sulfone groups is 1. The van der Waals surface area contributed by atoms with Gasteiger partial charge in [0.2, 0.25) is 5.91 Å². The van der Waals surface area contributed by atoms with Crippen LogP contribution in [0.25, 0.3) is 0 Å². The van der Waals surface area contributed by atoms with E-state index in [1.165, 1.54) is 6.92 Å². The number of aliphatic carboxylic acids is 1. The highest BCUT2D eigenvalue weighted by molar-refractivity contribution is 7.92. The first kappa shape index (κ1) is 15.9. The van der Waals surface area contributed by atoms with Crippen molar-refractivity contribution in [2.45, 2.75) is 31.9 Å². The van der Waals surface area contributed by atoms with Crippen molar-refractivity contribution < 1.29 is 23.1 Å². The summed E-state index contributed by atoms with van der Waals surface area (Å²) in [6.07, 6.45) is 1.57. The quantitative estimate of drug-likeness (QED) is 0.676. The molecule has 0 rings (SSSR count). The Labute approximate surface area is 101 Å². The predicted molar refractivity (Wildman–Crippen MR) is 63.3 cm³/mol. The van der Waals surface area contributed by atoms with Crippen LogP contribution >= 0.6 is 0 Å². The molecular formula is C10H19NO5S. The van der Waals surface area contributed by atoms with Gasteiger partial charge in [0, 0.05) is 19.2 Å². The van der Waals surface area contributed by atoms with Gasteiger partial charge in [0.25, 0.3) is 0 Å². The molecule has 0 aromatic heterocycles. The molecule has 0 aromatic carbocycles. The Hall–Kier alpha value is -1.11. The normalized spacial score (nSPS) is 15.0. The monoisotopic (exact) mass is 265 g/mol. The number of carboxylic acids is 1. The lowest BCUT2D eigenvalue weighted by Gasteiger charge is -2.15. The van der Waals surface area contributed by atoms with Crippen molar-refractivity contribution in [1.29, 1.82) is 0 Å². The van der Waals surface area contributed by atoms with Crippen molar-refractivity contribution in [3.8, 4) is 0 Å². The van der Waals surface area contributed by atoms with Gasteiger partial charge in [0.15, 0.2) is 9.84 Å². The molecule has 2 atom stereocenters. The van der Waals surface area contributed by atoms with Crippen molar-refractivity contribution in [3.05, 3.63) is 0 Å². The SMILES string of the molecule is CCC(CNC(=O)C(C)S(C)(=O)=O)CC(=O)O. The van der Waals surface area contributed by atoms with E-state index in [9.17, 15) is 18.0 Å². The molecule has 0 saturated heterocycles. The molecule has 2 N–H and O–H groups in total. The minimum absolute atomic E-state index is 0.0377. The summed E-state index contributed by atoms with van der Waals surface area (Å²) in [7, 11) is -3.41. The molecule has 0 aromatic rings. The number of carbonyl (C=O) groups is 2. The van der Waals surface area contributed by atoms with E-state index in [1.807, 2.05) is 6.92 Å². The number of amides is 1. The van der Waals surface area contributed by atoms with E-state index in [2.05, 4.69) is 5.32 Å². The van der Waals surface area contributed by atoms with Crippen LogP contribution in [0.1, 0.15) is 26.7 Å². The van der Waals surface area contributed by atoms with Gasteiger partial charge in [-0.1, -0.05) is 13.3 Å². The number of rotatable bonds is 7. The smallest absolute Gasteiger partial charge is 0.303 e. The molecule has 2 unspecified atom stereocenters. The zero-order chi connectivity index (χ0) is 13.6. The second-order valence-corrected chi connectivity index (χ2v) is 6.46. The Bertz CT molecular complexity index is 376. The van der Waals surface area contributed by atoms with Gasteiger partial charge in [-0.2, -0.15) is 0 Å². The highest BCUT2D eigenvalue weighted by atomic mass is 32.2. The van der Waals surface area contributed by atoms with Crippen LogP contribution in [0.5, 0.6) is 0 Å². The van der Waals surface area contributed by atoms with E-state index in [1.54, 1.807) is 0 Å². The van der Waals surface area contributed by atoms with Crippen LogP contribution in [0.2, 0.25) is 0 Å². The average Bonchev–Trinajstić information content (AvgIpc) is 2.20. The molecule has 100 valence electrons. The van der Waals surface area contributed by atoms with E-state index in [4.69, 9.17) is 5.11 Å². The maximum Gasteiger partial charge on any atom is 0.303 e. The molecule has 7 heteroatoms. The van der Waals surface area contributed by atoms with Crippen molar-refractivity contribution in [1.82, 2.24) is 5.32 Å². The van der Waals surface area contributed by atoms with Gasteiger partial charge in [-0.05, 0) is 12.8 Å². The van der Waals surface area contributed by atoms with Crippen LogP contribution in [-0.4, -0.2) is 43.5 Å². The average molecular weight is 265 g/mol. The Kier molecular flexibility index (Phi) is 6.15. The largest absolute Gasteiger partial charge is 0.481 e. The lowest BCUT2D eigenvalue weighted by molar-refractivity contribution is -0.138. The molecule has 0 spiro atoms. The molecular weight excluding hydrogens is 246 g/mol. The number of hydrogen-bond donors (Lipinski definition) is 2. The summed E-state index contributed by atoms with van der Waals surface area (Å²) in [6, 6.07) is 0. The fourth-order valence-corrected chi connectivity index (χ4v) is 1.66. The van der Waals surface area contributed by atoms with Gasteiger partial charge >= 0.3 is 5.97 Å². The molecule has 0 fully saturated rings. The standard InChI is InChI=1S/C10H19NO5S/c1-4-8(5-9(12)13)6-11-10(14)7(2)17(3,15)16/h7-8H,4-6H2,1-3H3,(H,11,14)(H,12,13). The van der Waals surface area contributed by atoms with Gasteiger partial charge in [0.05, 0.1) is 0 Å². The number of hydrogen-bond acceptors (Lipinski definition) is 4. The first-order valence-electron chi connectivity index (χ1n) is 5.36. The highest BCUT2D eigenvalue weighted by Gasteiger charge is 2.24. The third kappa shape index (κ3) is 6.25. The minimum Gasteiger partial charge on any atom is -0.481 e. The van der Waals surface area contributed by atoms with E-state index in [-0.39, 0.29) is 18.9 Å². The van der Waals surface area contributed by atoms with Crippen molar-refractivity contribution in [2.24, 2.45) is 5.92 Å². The molecule has 6 nitrogen and oxygen atoms in total. The Morgan fingerprint density at radius 3 is 2.24 bits per heavy atom. The third-order valence-corrected chi connectivity index (χ3v) is 4.12. The predicted octanol–water partition coefficient (Wildman–Crippen LogP) is 0.0366. The van der Waals surface area contributed by atoms with Gasteiger partial charge in [-0.3, -0.25) is 9.59 Å². The summed E-state index contributed by atoms with van der Waals surface area (Å²) < 4.78 is 22.2. The van der Waals surface area contributed by atoms with Gasteiger partial charge in [-0.15, -0.1) is 0 Å². The molecule has 0 aliphatic heterocycles. The maximum atomic E-state index is 11.5. The van der Waals surface area contributed by atoms with Crippen LogP contribution in [0, 0.1) is 5.92 Å². The molecule has 0 heterocycles. The van der Waals surface area contributed by atoms with Crippen LogP contribution in [0.15, 0.2) is 0 Å². The van der Waals surface area contributed by atoms with Gasteiger partial charge < -0.3 is 10.4 Å². The summed E-state index contributed by atoms with van der Waals surface area (Å²) in [5, 5.41) is 9.97. The van der Waals surface area contributed by atoms with E-state index in [0.29, 0.717) is 6.42 Å². The van der Waals surface area contributed by atoms with Gasteiger partial charge in [0.1, 0.15) is 5.25 Å². The second-order valence-electron chi connectivity index (χ2n) is 4.09. The topological polar surface area (TPSA) is 101 Å². The van der Waals surface area contributed by atoms with E-state index >= 15 is 0 Å². The molecule has 0 aliphatic carbocycles. The maximum absolute atomic E-state index is 11.5. The zero-order valence-electron chi connectivity index (χ0n) is 10.3. The zero-order valence-corrected chi connectivity index (χ0v) is 11.1. The number of carbonyl (C=O) groups excluding carboxylic acids is 1. The molecule has 0 bridgehead atoms. The number of nitrogens with one attached hydrogen (secondary N) is 1. The third-order valence-electron chi connectivity index (χ3n) is 2.62. The second kappa shape index (κ2) is 6.58. The summed E-state index contributed by atoms with van der Waals surface area (Å²) >= 11 is 0. The lowest BCUT2D eigenvalue weighted by atomic mass is 10.0. The van der Waals surface area contributed by atoms with Crippen LogP contribution in [0.3, 0.4) is 0 Å². The van der Waals surface area contributed by atoms with E-state index in [0.717, 1.165) is 6.26 Å². The molecule has 0 aliphatic rings. The minimum atomic E-state index is -3.41. The molecule has 1 amide bonds. The van der Waals surface area contributed by atoms with Crippen molar-refractivity contribution >= 4 is 21.7 Å². The molecule has 17 heavy (non-hydrogen) atoms. The molecule has 0 radical (unpaired) electrons. The van der Waals surface area contributed by atoms with Crippen LogP contribution < -0.4 is 5.32 Å². The van der Waals surface area contributed by atoms with Crippen molar-refractivity contribution in [2.75, 3.05) is 12.8 Å². The first-order valence-corrected chi connectivity index (χ1v) is 7.32. The fourth-order valence-electron chi connectivity index (χ4n) is 1.19. The molecule has 0 saturated carbocycles. The highest BCUT2D eigenvalue weighted by Crippen LogP contribution is 2.07. The summed E-state index contributed by atoms with van der Waals surface area (Å²) in [4.78, 5) is 22.0.